The van der Waals surface area contributed by atoms with E-state index >= 15 is 0 Å². The van der Waals surface area contributed by atoms with E-state index in [2.05, 4.69) is 20.9 Å². The van der Waals surface area contributed by atoms with E-state index in [-0.39, 0.29) is 19.0 Å². The minimum atomic E-state index is -0.822. The number of nitrogens with two attached hydrogens (primary N) is 1. The SMILES string of the molecule is CN1C(=O)C2(CN(C(N)=O)C2)c2c1cnc1cc(F)c(Br)cc21. The summed E-state index contributed by atoms with van der Waals surface area (Å²) >= 11 is 3.18. The quantitative estimate of drug-likeness (QED) is 0.758. The Kier molecular flexibility index (Phi) is 2.76. The normalized spacial score (nSPS) is 18.5. The summed E-state index contributed by atoms with van der Waals surface area (Å²) in [5, 5.41) is 0.706. The van der Waals surface area contributed by atoms with Gasteiger partial charge in [-0.3, -0.25) is 9.78 Å². The van der Waals surface area contributed by atoms with Crippen LogP contribution >= 0.6 is 15.9 Å². The van der Waals surface area contributed by atoms with Crippen molar-refractivity contribution in [2.24, 2.45) is 5.73 Å². The third-order valence-electron chi connectivity index (χ3n) is 4.68. The molecule has 3 heterocycles. The second kappa shape index (κ2) is 4.41. The number of pyridine rings is 1. The monoisotopic (exact) mass is 378 g/mol. The largest absolute Gasteiger partial charge is 0.351 e. The van der Waals surface area contributed by atoms with Crippen LogP contribution in [0.2, 0.25) is 0 Å². The van der Waals surface area contributed by atoms with Gasteiger partial charge in [0.15, 0.2) is 0 Å². The third-order valence-corrected chi connectivity index (χ3v) is 5.28. The maximum atomic E-state index is 13.8. The van der Waals surface area contributed by atoms with Gasteiger partial charge in [0.05, 0.1) is 21.9 Å². The molecular weight excluding hydrogens is 367 g/mol. The fourth-order valence-electron chi connectivity index (χ4n) is 3.53. The summed E-state index contributed by atoms with van der Waals surface area (Å²) in [6.45, 7) is 0.458. The Labute approximate surface area is 139 Å². The molecule has 23 heavy (non-hydrogen) atoms. The Balaban J connectivity index is 1.98. The van der Waals surface area contributed by atoms with Crippen LogP contribution in [0.1, 0.15) is 5.56 Å². The molecule has 1 fully saturated rings. The topological polar surface area (TPSA) is 79.5 Å². The summed E-state index contributed by atoms with van der Waals surface area (Å²) in [6, 6.07) is 2.42. The minimum Gasteiger partial charge on any atom is -0.351 e. The highest BCUT2D eigenvalue weighted by atomic mass is 79.9. The van der Waals surface area contributed by atoms with Gasteiger partial charge < -0.3 is 15.5 Å². The highest BCUT2D eigenvalue weighted by molar-refractivity contribution is 9.10. The number of urea groups is 1. The van der Waals surface area contributed by atoms with Gasteiger partial charge in [-0.2, -0.15) is 0 Å². The van der Waals surface area contributed by atoms with Gasteiger partial charge in [-0.05, 0) is 22.0 Å². The predicted octanol–water partition coefficient (Wildman–Crippen LogP) is 1.74. The number of carbonyl (C=O) groups is 2. The molecule has 2 N–H and O–H groups in total. The van der Waals surface area contributed by atoms with E-state index in [1.54, 1.807) is 19.3 Å². The summed E-state index contributed by atoms with van der Waals surface area (Å²) in [5.74, 6) is -0.510. The zero-order chi connectivity index (χ0) is 16.5. The van der Waals surface area contributed by atoms with Crippen LogP contribution in [0.5, 0.6) is 0 Å². The van der Waals surface area contributed by atoms with Gasteiger partial charge in [0.25, 0.3) is 0 Å². The predicted molar refractivity (Wildman–Crippen MR) is 85.6 cm³/mol. The van der Waals surface area contributed by atoms with E-state index < -0.39 is 17.3 Å². The van der Waals surface area contributed by atoms with Crippen LogP contribution in [0.4, 0.5) is 14.9 Å². The summed E-state index contributed by atoms with van der Waals surface area (Å²) in [5.41, 5.74) is 6.42. The molecule has 0 saturated carbocycles. The summed E-state index contributed by atoms with van der Waals surface area (Å²) in [7, 11) is 1.68. The number of likely N-dealkylation sites (tertiary alicyclic amines) is 1. The van der Waals surface area contributed by atoms with Gasteiger partial charge in [-0.1, -0.05) is 0 Å². The lowest BCUT2D eigenvalue weighted by atomic mass is 9.73. The maximum Gasteiger partial charge on any atom is 0.314 e. The van der Waals surface area contributed by atoms with Crippen molar-refractivity contribution < 1.29 is 14.0 Å². The van der Waals surface area contributed by atoms with Crippen molar-refractivity contribution in [3.05, 3.63) is 34.2 Å². The average Bonchev–Trinajstić information content (AvgIpc) is 2.68. The number of hydrogen-bond acceptors (Lipinski definition) is 3. The Morgan fingerprint density at radius 2 is 2.13 bits per heavy atom. The van der Waals surface area contributed by atoms with Gasteiger partial charge in [0.2, 0.25) is 5.91 Å². The lowest BCUT2D eigenvalue weighted by Crippen LogP contribution is -2.66. The number of primary amides is 1. The third kappa shape index (κ3) is 1.69. The first kappa shape index (κ1) is 14.4. The molecule has 0 aliphatic carbocycles. The fraction of sp³-hybridized carbons (Fsp3) is 0.267. The molecule has 6 nitrogen and oxygen atoms in total. The molecule has 2 aromatic rings. The van der Waals surface area contributed by atoms with Crippen molar-refractivity contribution in [2.45, 2.75) is 5.41 Å². The Morgan fingerprint density at radius 3 is 2.78 bits per heavy atom. The van der Waals surface area contributed by atoms with E-state index in [0.717, 1.165) is 5.56 Å². The molecule has 0 atom stereocenters. The molecule has 2 aliphatic heterocycles. The van der Waals surface area contributed by atoms with Gasteiger partial charge in [0, 0.05) is 37.2 Å². The molecule has 4 rings (SSSR count). The molecule has 1 spiro atoms. The minimum absolute atomic E-state index is 0.0975. The second-order valence-electron chi connectivity index (χ2n) is 5.94. The first-order chi connectivity index (χ1) is 10.8. The van der Waals surface area contributed by atoms with Crippen molar-refractivity contribution in [1.82, 2.24) is 9.88 Å². The molecule has 0 radical (unpaired) electrons. The van der Waals surface area contributed by atoms with E-state index in [9.17, 15) is 14.0 Å². The van der Waals surface area contributed by atoms with Crippen molar-refractivity contribution in [3.63, 3.8) is 0 Å². The van der Waals surface area contributed by atoms with E-state index in [4.69, 9.17) is 5.73 Å². The number of anilines is 1. The molecular formula is C15H12BrFN4O2. The molecule has 1 saturated heterocycles. The molecule has 1 aromatic carbocycles. The number of hydrogen-bond donors (Lipinski definition) is 1. The van der Waals surface area contributed by atoms with Crippen molar-refractivity contribution in [1.29, 1.82) is 0 Å². The van der Waals surface area contributed by atoms with E-state index in [1.165, 1.54) is 15.9 Å². The number of halogens is 2. The summed E-state index contributed by atoms with van der Waals surface area (Å²) in [6.07, 6.45) is 1.57. The van der Waals surface area contributed by atoms with Crippen LogP contribution in [-0.2, 0) is 10.2 Å². The van der Waals surface area contributed by atoms with Crippen LogP contribution < -0.4 is 10.6 Å². The molecule has 1 aromatic heterocycles. The van der Waals surface area contributed by atoms with E-state index in [0.29, 0.717) is 21.1 Å². The number of aromatic nitrogens is 1. The smallest absolute Gasteiger partial charge is 0.314 e. The second-order valence-corrected chi connectivity index (χ2v) is 6.80. The lowest BCUT2D eigenvalue weighted by Gasteiger charge is -2.46. The zero-order valence-corrected chi connectivity index (χ0v) is 13.7. The zero-order valence-electron chi connectivity index (χ0n) is 12.1. The molecule has 3 amide bonds. The Morgan fingerprint density at radius 1 is 1.43 bits per heavy atom. The number of amides is 3. The highest BCUT2D eigenvalue weighted by Gasteiger charge is 2.59. The molecule has 2 aliphatic rings. The molecule has 118 valence electrons. The summed E-state index contributed by atoms with van der Waals surface area (Å²) < 4.78 is 14.1. The fourth-order valence-corrected chi connectivity index (χ4v) is 3.87. The Bertz CT molecular complexity index is 895. The van der Waals surface area contributed by atoms with Crippen LogP contribution in [0.25, 0.3) is 10.9 Å². The molecule has 0 bridgehead atoms. The number of benzene rings is 1. The number of likely N-dealkylation sites (N-methyl/N-ethyl adjacent to an activating group) is 1. The average molecular weight is 379 g/mol. The Hall–Kier alpha value is -2.22. The number of carbonyl (C=O) groups excluding carboxylic acids is 2. The van der Waals surface area contributed by atoms with Crippen LogP contribution in [-0.4, -0.2) is 42.0 Å². The molecule has 0 unspecified atom stereocenters. The summed E-state index contributed by atoms with van der Waals surface area (Å²) in [4.78, 5) is 31.3. The molecule has 8 heteroatoms. The van der Waals surface area contributed by atoms with Gasteiger partial charge in [-0.25, -0.2) is 9.18 Å². The van der Waals surface area contributed by atoms with Crippen LogP contribution in [0.15, 0.2) is 22.8 Å². The van der Waals surface area contributed by atoms with Crippen molar-refractivity contribution in [2.75, 3.05) is 25.0 Å². The number of nitrogens with zero attached hydrogens (tertiary/aromatic N) is 3. The highest BCUT2D eigenvalue weighted by Crippen LogP contribution is 2.49. The maximum absolute atomic E-state index is 13.8. The van der Waals surface area contributed by atoms with Crippen LogP contribution in [0, 0.1) is 5.82 Å². The van der Waals surface area contributed by atoms with Gasteiger partial charge in [0.1, 0.15) is 11.2 Å². The number of rotatable bonds is 0. The van der Waals surface area contributed by atoms with Gasteiger partial charge in [-0.15, -0.1) is 0 Å². The van der Waals surface area contributed by atoms with Gasteiger partial charge >= 0.3 is 6.03 Å². The standard InChI is InChI=1S/C15H12BrFN4O2/c1-20-11-4-19-10-3-9(17)8(16)2-7(10)12(11)15(13(20)22)5-21(6-15)14(18)23/h2-4H,5-6H2,1H3,(H2,18,23). The lowest BCUT2D eigenvalue weighted by molar-refractivity contribution is -0.127. The van der Waals surface area contributed by atoms with Crippen molar-refractivity contribution in [3.8, 4) is 0 Å². The number of fused-ring (bicyclic) bond motifs is 4. The van der Waals surface area contributed by atoms with E-state index in [1.807, 2.05) is 0 Å². The first-order valence-corrected chi connectivity index (χ1v) is 7.75. The first-order valence-electron chi connectivity index (χ1n) is 6.96. The van der Waals surface area contributed by atoms with Crippen LogP contribution in [0.3, 0.4) is 0 Å². The van der Waals surface area contributed by atoms with Crippen molar-refractivity contribution >= 4 is 44.5 Å².